The maximum atomic E-state index is 13.5. The molecule has 0 amide bonds. The minimum absolute atomic E-state index is 0.167. The van der Waals surface area contributed by atoms with Crippen LogP contribution in [0.5, 0.6) is 0 Å². The molecule has 0 fully saturated rings. The van der Waals surface area contributed by atoms with Crippen molar-refractivity contribution in [3.05, 3.63) is 59.3 Å². The molecule has 16 heavy (non-hydrogen) atoms. The Hall–Kier alpha value is -2.23. The summed E-state index contributed by atoms with van der Waals surface area (Å²) in [6.45, 7) is 0. The second kappa shape index (κ2) is 4.10. The Morgan fingerprint density at radius 2 is 2.00 bits per heavy atom. The smallest absolute Gasteiger partial charge is 0.206 e. The maximum Gasteiger partial charge on any atom is 0.300 e. The van der Waals surface area contributed by atoms with Crippen LogP contribution in [-0.2, 0) is 0 Å². The van der Waals surface area contributed by atoms with Gasteiger partial charge in [0.25, 0.3) is 5.69 Å². The van der Waals surface area contributed by atoms with Crippen LogP contribution in [0.1, 0.15) is 0 Å². The molecule has 2 aromatic carbocycles. The van der Waals surface area contributed by atoms with Crippen LogP contribution in [0.15, 0.2) is 42.5 Å². The fraction of sp³-hybridized carbons (Fsp3) is 0. The van der Waals surface area contributed by atoms with E-state index in [0.717, 1.165) is 0 Å². The van der Waals surface area contributed by atoms with Gasteiger partial charge in [-0.25, -0.2) is 4.39 Å². The molecule has 0 aliphatic carbocycles. The molecule has 3 nitrogen and oxygen atoms in total. The number of halogens is 1. The van der Waals surface area contributed by atoms with E-state index in [0.29, 0.717) is 11.1 Å². The van der Waals surface area contributed by atoms with Crippen molar-refractivity contribution in [1.82, 2.24) is 0 Å². The molecular weight excluding hydrogens is 207 g/mol. The molecule has 79 valence electrons. The minimum atomic E-state index is -0.339. The van der Waals surface area contributed by atoms with Crippen molar-refractivity contribution in [3.63, 3.8) is 0 Å². The predicted octanol–water partition coefficient (Wildman–Crippen LogP) is 2.58. The summed E-state index contributed by atoms with van der Waals surface area (Å²) in [7, 11) is 0. The van der Waals surface area contributed by atoms with E-state index in [9.17, 15) is 9.30 Å². The molecular formula is C12H9FN2O+. The zero-order valence-electron chi connectivity index (χ0n) is 8.35. The van der Waals surface area contributed by atoms with Crippen LogP contribution in [0.2, 0.25) is 0 Å². The summed E-state index contributed by atoms with van der Waals surface area (Å²) in [5.41, 5.74) is 1.19. The molecule has 4 heteroatoms. The first-order chi connectivity index (χ1) is 7.68. The van der Waals surface area contributed by atoms with E-state index in [2.05, 4.69) is 6.07 Å². The van der Waals surface area contributed by atoms with Gasteiger partial charge in [-0.3, -0.25) is 0 Å². The van der Waals surface area contributed by atoms with Crippen molar-refractivity contribution in [2.45, 2.75) is 0 Å². The van der Waals surface area contributed by atoms with Gasteiger partial charge in [-0.1, -0.05) is 24.3 Å². The standard InChI is InChI=1S/C12H9FN2O/c13-12-7-2-1-6-11(12)9-4-3-5-10(8-9)15(14)16/h1-4,6-8H,(H2,14,16)/q+1. The first-order valence-corrected chi connectivity index (χ1v) is 4.67. The first-order valence-electron chi connectivity index (χ1n) is 4.67. The van der Waals surface area contributed by atoms with Gasteiger partial charge in [-0.05, 0) is 17.7 Å². The first kappa shape index (κ1) is 10.3. The minimum Gasteiger partial charge on any atom is -0.206 e. The summed E-state index contributed by atoms with van der Waals surface area (Å²) in [5, 5.41) is 0. The van der Waals surface area contributed by atoms with Crippen LogP contribution in [0, 0.1) is 16.8 Å². The van der Waals surface area contributed by atoms with Crippen LogP contribution in [0.3, 0.4) is 0 Å². The molecule has 0 aromatic heterocycles. The molecule has 0 atom stereocenters. The van der Waals surface area contributed by atoms with E-state index in [-0.39, 0.29) is 16.4 Å². The Balaban J connectivity index is 2.53. The fourth-order valence-corrected chi connectivity index (χ4v) is 1.44. The highest BCUT2D eigenvalue weighted by molar-refractivity contribution is 5.66. The van der Waals surface area contributed by atoms with Crippen LogP contribution in [0.4, 0.5) is 10.1 Å². The summed E-state index contributed by atoms with van der Waals surface area (Å²) < 4.78 is 13.5. The van der Waals surface area contributed by atoms with Crippen LogP contribution >= 0.6 is 0 Å². The lowest BCUT2D eigenvalue weighted by molar-refractivity contribution is -0.475. The quantitative estimate of drug-likeness (QED) is 0.476. The van der Waals surface area contributed by atoms with Gasteiger partial charge in [0.05, 0.1) is 11.0 Å². The lowest BCUT2D eigenvalue weighted by atomic mass is 10.0. The fourth-order valence-electron chi connectivity index (χ4n) is 1.44. The van der Waals surface area contributed by atoms with E-state index >= 15 is 0 Å². The monoisotopic (exact) mass is 216 g/mol. The number of nitroso groups, excluding NO2 is 1. The average molecular weight is 216 g/mol. The molecule has 2 N–H and O–H groups in total. The summed E-state index contributed by atoms with van der Waals surface area (Å²) >= 11 is 0. The van der Waals surface area contributed by atoms with Crippen molar-refractivity contribution >= 4 is 5.69 Å². The van der Waals surface area contributed by atoms with Crippen LogP contribution in [-0.4, -0.2) is 4.87 Å². The Labute approximate surface area is 91.9 Å². The summed E-state index contributed by atoms with van der Waals surface area (Å²) in [5.74, 6) is 4.71. The topological polar surface area (TPSA) is 46.1 Å². The van der Waals surface area contributed by atoms with E-state index in [4.69, 9.17) is 5.84 Å². The van der Waals surface area contributed by atoms with Crippen molar-refractivity contribution < 1.29 is 9.26 Å². The molecule has 0 aliphatic rings. The largest absolute Gasteiger partial charge is 0.300 e. The maximum absolute atomic E-state index is 13.5. The van der Waals surface area contributed by atoms with Crippen LogP contribution in [0.25, 0.3) is 11.1 Å². The number of rotatable bonds is 2. The number of hydrogen-bond acceptors (Lipinski definition) is 1. The molecule has 1 radical (unpaired) electrons. The highest BCUT2D eigenvalue weighted by Crippen LogP contribution is 2.24. The lowest BCUT2D eigenvalue weighted by Gasteiger charge is -2.01. The SMILES string of the molecule is N[N+](=O)c1[c]ccc(-c2ccccc2F)c1. The third-order valence-corrected chi connectivity index (χ3v) is 2.21. The Kier molecular flexibility index (Phi) is 2.64. The van der Waals surface area contributed by atoms with E-state index in [1.807, 2.05) is 0 Å². The molecule has 2 aromatic rings. The van der Waals surface area contributed by atoms with Gasteiger partial charge in [0.1, 0.15) is 5.82 Å². The Morgan fingerprint density at radius 1 is 1.25 bits per heavy atom. The number of hydrazine groups is 1. The predicted molar refractivity (Wildman–Crippen MR) is 58.1 cm³/mol. The lowest BCUT2D eigenvalue weighted by Crippen LogP contribution is -2.08. The summed E-state index contributed by atoms with van der Waals surface area (Å²) in [6.07, 6.45) is 0. The van der Waals surface area contributed by atoms with E-state index in [1.54, 1.807) is 24.3 Å². The van der Waals surface area contributed by atoms with Gasteiger partial charge in [0.2, 0.25) is 0 Å². The molecule has 2 rings (SSSR count). The third kappa shape index (κ3) is 1.91. The Bertz CT molecular complexity index is 540. The second-order valence-electron chi connectivity index (χ2n) is 3.27. The van der Waals surface area contributed by atoms with Crippen molar-refractivity contribution in [2.75, 3.05) is 0 Å². The average Bonchev–Trinajstić information content (AvgIpc) is 2.30. The van der Waals surface area contributed by atoms with Crippen molar-refractivity contribution in [2.24, 2.45) is 5.84 Å². The molecule has 0 saturated carbocycles. The number of benzene rings is 2. The number of nitrogens with zero attached hydrogens (tertiary/aromatic N) is 1. The Morgan fingerprint density at radius 3 is 2.69 bits per heavy atom. The van der Waals surface area contributed by atoms with Gasteiger partial charge in [-0.2, -0.15) is 5.84 Å². The summed E-state index contributed by atoms with van der Waals surface area (Å²) in [4.78, 5) is 11.1. The normalized spacial score (nSPS) is 10.1. The van der Waals surface area contributed by atoms with Crippen LogP contribution < -0.4 is 5.84 Å². The molecule has 0 saturated heterocycles. The number of nitrogens with two attached hydrogens (primary N) is 1. The zero-order chi connectivity index (χ0) is 11.5. The van der Waals surface area contributed by atoms with Gasteiger partial charge < -0.3 is 0 Å². The second-order valence-corrected chi connectivity index (χ2v) is 3.27. The van der Waals surface area contributed by atoms with E-state index < -0.39 is 0 Å². The molecule has 0 bridgehead atoms. The summed E-state index contributed by atoms with van der Waals surface area (Å²) in [6, 6.07) is 13.7. The van der Waals surface area contributed by atoms with Gasteiger partial charge >= 0.3 is 0 Å². The molecule has 0 heterocycles. The van der Waals surface area contributed by atoms with Crippen molar-refractivity contribution in [3.8, 4) is 11.1 Å². The van der Waals surface area contributed by atoms with Gasteiger partial charge in [0.15, 0.2) is 4.87 Å². The zero-order valence-corrected chi connectivity index (χ0v) is 8.35. The third-order valence-electron chi connectivity index (χ3n) is 2.21. The highest BCUT2D eigenvalue weighted by atomic mass is 19.1. The molecule has 0 unspecified atom stereocenters. The van der Waals surface area contributed by atoms with E-state index in [1.165, 1.54) is 18.2 Å². The molecule has 0 spiro atoms. The van der Waals surface area contributed by atoms with Crippen molar-refractivity contribution in [1.29, 1.82) is 0 Å². The van der Waals surface area contributed by atoms with Gasteiger partial charge in [-0.15, -0.1) is 0 Å². The molecule has 0 aliphatic heterocycles. The van der Waals surface area contributed by atoms with Gasteiger partial charge in [0, 0.05) is 11.6 Å². The highest BCUT2D eigenvalue weighted by Gasteiger charge is 2.11. The number of hydrogen-bond donors (Lipinski definition) is 1.